The number of carbonyl (C=O) groups is 1. The average Bonchev–Trinajstić information content (AvgIpc) is 3.40. The highest BCUT2D eigenvalue weighted by molar-refractivity contribution is 5.99. The number of hydrogen-bond acceptors (Lipinski definition) is 5. The maximum Gasteiger partial charge on any atom is 0.471 e. The highest BCUT2D eigenvalue weighted by Gasteiger charge is 2.40. The Morgan fingerprint density at radius 2 is 1.91 bits per heavy atom. The van der Waals surface area contributed by atoms with E-state index in [0.717, 1.165) is 25.1 Å². The summed E-state index contributed by atoms with van der Waals surface area (Å²) in [5.41, 5.74) is 2.81. The van der Waals surface area contributed by atoms with Gasteiger partial charge in [-0.2, -0.15) is 18.2 Å². The summed E-state index contributed by atoms with van der Waals surface area (Å²) in [7, 11) is 0. The second-order valence-electron chi connectivity index (χ2n) is 7.80. The van der Waals surface area contributed by atoms with Crippen LogP contribution in [-0.4, -0.2) is 40.1 Å². The summed E-state index contributed by atoms with van der Waals surface area (Å²) in [4.78, 5) is 18.6. The van der Waals surface area contributed by atoms with E-state index in [-0.39, 0.29) is 36.1 Å². The number of benzene rings is 2. The molecule has 10 heteroatoms. The fraction of sp³-hybridized carbons (Fsp3) is 0.318. The van der Waals surface area contributed by atoms with E-state index in [1.807, 2.05) is 23.1 Å². The van der Waals surface area contributed by atoms with Crippen LogP contribution in [0, 0.1) is 0 Å². The van der Waals surface area contributed by atoms with Crippen LogP contribution in [0.3, 0.4) is 0 Å². The van der Waals surface area contributed by atoms with Crippen molar-refractivity contribution in [3.05, 3.63) is 71.1 Å². The molecular weight excluding hydrogens is 445 g/mol. The van der Waals surface area contributed by atoms with Gasteiger partial charge < -0.3 is 14.7 Å². The highest BCUT2D eigenvalue weighted by atomic mass is 35.5. The number of hydrogen-bond donors (Lipinski definition) is 1. The van der Waals surface area contributed by atoms with Gasteiger partial charge in [-0.1, -0.05) is 47.6 Å². The van der Waals surface area contributed by atoms with E-state index >= 15 is 0 Å². The van der Waals surface area contributed by atoms with Gasteiger partial charge in [0.15, 0.2) is 0 Å². The quantitative estimate of drug-likeness (QED) is 0.626. The normalized spacial score (nSPS) is 20.7. The van der Waals surface area contributed by atoms with Crippen LogP contribution in [0.5, 0.6) is 0 Å². The minimum absolute atomic E-state index is 0. The molecule has 0 aliphatic carbocycles. The summed E-state index contributed by atoms with van der Waals surface area (Å²) in [5.74, 6) is -1.55. The van der Waals surface area contributed by atoms with Crippen molar-refractivity contribution >= 4 is 18.3 Å². The molecule has 3 aromatic rings. The van der Waals surface area contributed by atoms with E-state index < -0.39 is 12.1 Å². The van der Waals surface area contributed by atoms with E-state index in [4.69, 9.17) is 0 Å². The first-order valence-electron chi connectivity index (χ1n) is 10.0. The lowest BCUT2D eigenvalue weighted by atomic mass is 9.86. The first kappa shape index (κ1) is 22.3. The molecule has 0 radical (unpaired) electrons. The molecule has 1 saturated heterocycles. The smallest absolute Gasteiger partial charge is 0.331 e. The van der Waals surface area contributed by atoms with Crippen LogP contribution in [0.25, 0.3) is 11.4 Å². The fourth-order valence-electron chi connectivity index (χ4n) is 4.44. The molecule has 2 aromatic carbocycles. The molecule has 168 valence electrons. The van der Waals surface area contributed by atoms with Gasteiger partial charge >= 0.3 is 12.1 Å². The third kappa shape index (κ3) is 3.98. The lowest BCUT2D eigenvalue weighted by Crippen LogP contribution is -2.48. The van der Waals surface area contributed by atoms with Gasteiger partial charge in [-0.3, -0.25) is 4.79 Å². The monoisotopic (exact) mass is 464 g/mol. The summed E-state index contributed by atoms with van der Waals surface area (Å²) in [5, 5.41) is 6.84. The van der Waals surface area contributed by atoms with Crippen molar-refractivity contribution in [1.82, 2.24) is 20.4 Å². The van der Waals surface area contributed by atoms with Gasteiger partial charge in [-0.05, 0) is 30.2 Å². The van der Waals surface area contributed by atoms with Crippen LogP contribution >= 0.6 is 12.4 Å². The second kappa shape index (κ2) is 8.55. The Balaban J connectivity index is 0.00000245. The number of alkyl halides is 3. The Kier molecular flexibility index (Phi) is 5.96. The molecule has 0 saturated carbocycles. The Morgan fingerprint density at radius 1 is 1.12 bits per heavy atom. The number of halogens is 4. The predicted octanol–water partition coefficient (Wildman–Crippen LogP) is 4.28. The molecule has 5 rings (SSSR count). The van der Waals surface area contributed by atoms with Crippen molar-refractivity contribution in [1.29, 1.82) is 0 Å². The molecule has 3 heterocycles. The number of nitrogens with zero attached hydrogens (tertiary/aromatic N) is 3. The molecule has 2 aliphatic heterocycles. The van der Waals surface area contributed by atoms with E-state index in [9.17, 15) is 18.0 Å². The molecule has 0 bridgehead atoms. The topological polar surface area (TPSA) is 71.3 Å². The van der Waals surface area contributed by atoms with Crippen LogP contribution in [0.4, 0.5) is 13.2 Å². The summed E-state index contributed by atoms with van der Waals surface area (Å²) >= 11 is 0. The van der Waals surface area contributed by atoms with Gasteiger partial charge in [0, 0.05) is 36.2 Å². The lowest BCUT2D eigenvalue weighted by Gasteiger charge is -2.38. The van der Waals surface area contributed by atoms with Crippen molar-refractivity contribution in [2.45, 2.75) is 31.1 Å². The fourth-order valence-corrected chi connectivity index (χ4v) is 4.44. The van der Waals surface area contributed by atoms with Crippen molar-refractivity contribution < 1.29 is 22.5 Å². The van der Waals surface area contributed by atoms with E-state index in [2.05, 4.69) is 32.1 Å². The van der Waals surface area contributed by atoms with Gasteiger partial charge in [-0.15, -0.1) is 12.4 Å². The van der Waals surface area contributed by atoms with Crippen LogP contribution in [0.15, 0.2) is 53.1 Å². The largest absolute Gasteiger partial charge is 0.471 e. The Morgan fingerprint density at radius 3 is 2.62 bits per heavy atom. The summed E-state index contributed by atoms with van der Waals surface area (Å²) in [6.45, 7) is 2.08. The molecule has 0 spiro atoms. The molecule has 0 unspecified atom stereocenters. The van der Waals surface area contributed by atoms with E-state index in [1.165, 1.54) is 5.56 Å². The minimum Gasteiger partial charge on any atom is -0.331 e. The number of carbonyl (C=O) groups excluding carboxylic acids is 1. The van der Waals surface area contributed by atoms with Crippen molar-refractivity contribution in [3.8, 4) is 11.4 Å². The van der Waals surface area contributed by atoms with Crippen LogP contribution in [0.2, 0.25) is 0 Å². The summed E-state index contributed by atoms with van der Waals surface area (Å²) in [6.07, 6.45) is -3.89. The molecule has 1 aromatic heterocycles. The predicted molar refractivity (Wildman–Crippen MR) is 112 cm³/mol. The van der Waals surface area contributed by atoms with Crippen LogP contribution < -0.4 is 5.32 Å². The van der Waals surface area contributed by atoms with Gasteiger partial charge in [0.05, 0.1) is 0 Å². The number of nitrogens with one attached hydrogen (secondary N) is 1. The molecule has 6 nitrogen and oxygen atoms in total. The maximum atomic E-state index is 13.3. The lowest BCUT2D eigenvalue weighted by molar-refractivity contribution is -0.159. The summed E-state index contributed by atoms with van der Waals surface area (Å²) in [6, 6.07) is 15.1. The molecular formula is C22H20ClF3N4O2. The van der Waals surface area contributed by atoms with Crippen LogP contribution in [0.1, 0.15) is 39.7 Å². The first-order valence-corrected chi connectivity index (χ1v) is 10.0. The Hall–Kier alpha value is -2.91. The zero-order valence-electron chi connectivity index (χ0n) is 16.8. The van der Waals surface area contributed by atoms with Crippen molar-refractivity contribution in [2.24, 2.45) is 0 Å². The maximum absolute atomic E-state index is 13.3. The molecule has 1 amide bonds. The molecule has 2 aliphatic rings. The van der Waals surface area contributed by atoms with Crippen molar-refractivity contribution in [2.75, 3.05) is 13.1 Å². The first-order chi connectivity index (χ1) is 14.9. The molecule has 1 N–H and O–H groups in total. The van der Waals surface area contributed by atoms with Crippen molar-refractivity contribution in [3.63, 3.8) is 0 Å². The highest BCUT2D eigenvalue weighted by Crippen LogP contribution is 2.36. The SMILES string of the molecule is Cl.O=C1c2cc(-c3noc(C(F)(F)F)n3)ccc2CN1[C@@H]1CCNC[C@H]1c1ccccc1. The Labute approximate surface area is 188 Å². The number of piperidine rings is 1. The van der Waals surface area contributed by atoms with Crippen LogP contribution in [-0.2, 0) is 12.7 Å². The van der Waals surface area contributed by atoms with E-state index in [1.54, 1.807) is 18.2 Å². The van der Waals surface area contributed by atoms with E-state index in [0.29, 0.717) is 17.7 Å². The van der Waals surface area contributed by atoms with Gasteiger partial charge in [0.2, 0.25) is 5.82 Å². The standard InChI is InChI=1S/C22H19F3N4O2.ClH/c23-22(24,25)21-27-19(28-31-21)14-6-7-15-12-29(20(30)16(15)10-14)18-8-9-26-11-17(18)13-4-2-1-3-5-13;/h1-7,10,17-18,26H,8-9,11-12H2;1H/t17-,18+;/m0./s1. The second-order valence-corrected chi connectivity index (χ2v) is 7.80. The zero-order chi connectivity index (χ0) is 21.6. The van der Waals surface area contributed by atoms with Gasteiger partial charge in [0.25, 0.3) is 5.91 Å². The average molecular weight is 465 g/mol. The number of aromatic nitrogens is 2. The zero-order valence-corrected chi connectivity index (χ0v) is 17.6. The molecule has 32 heavy (non-hydrogen) atoms. The third-order valence-corrected chi connectivity index (χ3v) is 5.94. The number of amides is 1. The van der Waals surface area contributed by atoms with Gasteiger partial charge in [0.1, 0.15) is 0 Å². The molecule has 1 fully saturated rings. The minimum atomic E-state index is -4.71. The van der Waals surface area contributed by atoms with Gasteiger partial charge in [-0.25, -0.2) is 0 Å². The summed E-state index contributed by atoms with van der Waals surface area (Å²) < 4.78 is 42.6. The number of rotatable bonds is 3. The third-order valence-electron chi connectivity index (χ3n) is 5.94. The number of fused-ring (bicyclic) bond motifs is 1. The Bertz CT molecular complexity index is 1120. The molecule has 2 atom stereocenters.